The van der Waals surface area contributed by atoms with Crippen molar-refractivity contribution in [1.82, 2.24) is 10.6 Å². The van der Waals surface area contributed by atoms with Crippen LogP contribution in [0, 0.1) is 5.41 Å². The monoisotopic (exact) mass is 372 g/mol. The summed E-state index contributed by atoms with van der Waals surface area (Å²) in [6, 6.07) is 8.05. The van der Waals surface area contributed by atoms with E-state index in [0.717, 1.165) is 37.8 Å². The lowest BCUT2D eigenvalue weighted by molar-refractivity contribution is -0.116. The number of amides is 1. The highest BCUT2D eigenvalue weighted by atomic mass is 16.5. The summed E-state index contributed by atoms with van der Waals surface area (Å²) in [7, 11) is 1.76. The zero-order chi connectivity index (χ0) is 19.1. The summed E-state index contributed by atoms with van der Waals surface area (Å²) < 4.78 is 5.28. The van der Waals surface area contributed by atoms with E-state index < -0.39 is 0 Å². The van der Waals surface area contributed by atoms with Gasteiger partial charge in [0.05, 0.1) is 0 Å². The summed E-state index contributed by atoms with van der Waals surface area (Å²) in [5, 5.41) is 9.76. The van der Waals surface area contributed by atoms with Crippen molar-refractivity contribution in [3.63, 3.8) is 0 Å². The molecule has 0 saturated heterocycles. The van der Waals surface area contributed by atoms with Crippen LogP contribution in [0.1, 0.15) is 50.5 Å². The van der Waals surface area contributed by atoms with Crippen LogP contribution in [0.2, 0.25) is 0 Å². The minimum Gasteiger partial charge on any atom is -0.385 e. The van der Waals surface area contributed by atoms with Crippen LogP contribution in [0.3, 0.4) is 0 Å². The second-order valence-corrected chi connectivity index (χ2v) is 7.71. The summed E-state index contributed by atoms with van der Waals surface area (Å²) in [5.41, 5.74) is 2.42. The third-order valence-corrected chi connectivity index (χ3v) is 5.79. The Balaban J connectivity index is 1.62. The van der Waals surface area contributed by atoms with Gasteiger partial charge in [0.2, 0.25) is 5.91 Å². The Bertz CT molecular complexity index is 670. The molecule has 1 aromatic carbocycles. The Morgan fingerprint density at radius 3 is 2.85 bits per heavy atom. The number of guanidine groups is 1. The second kappa shape index (κ2) is 9.22. The molecular formula is C21H32N4O2. The first-order valence-electron chi connectivity index (χ1n) is 10.1. The number of nitrogens with one attached hydrogen (secondary N) is 3. The fourth-order valence-corrected chi connectivity index (χ4v) is 3.97. The fourth-order valence-electron chi connectivity index (χ4n) is 3.97. The molecule has 6 heteroatoms. The average Bonchev–Trinajstić information content (AvgIpc) is 2.64. The Hall–Kier alpha value is -2.08. The number of hydrogen-bond acceptors (Lipinski definition) is 3. The maximum Gasteiger partial charge on any atom is 0.225 e. The molecule has 0 radical (unpaired) electrons. The average molecular weight is 373 g/mol. The van der Waals surface area contributed by atoms with Crippen molar-refractivity contribution < 1.29 is 9.53 Å². The van der Waals surface area contributed by atoms with Crippen LogP contribution >= 0.6 is 0 Å². The quantitative estimate of drug-likeness (QED) is 0.485. The van der Waals surface area contributed by atoms with E-state index in [4.69, 9.17) is 9.73 Å². The fraction of sp³-hybridized carbons (Fsp3) is 0.619. The summed E-state index contributed by atoms with van der Waals surface area (Å²) in [6.07, 6.45) is 5.33. The normalized spacial score (nSPS) is 21.0. The number of para-hydroxylation sites is 1. The number of benzene rings is 1. The smallest absolute Gasteiger partial charge is 0.225 e. The molecule has 1 aromatic rings. The van der Waals surface area contributed by atoms with Crippen molar-refractivity contribution in [2.45, 2.75) is 44.9 Å². The van der Waals surface area contributed by atoms with Gasteiger partial charge in [-0.05, 0) is 43.2 Å². The van der Waals surface area contributed by atoms with Crippen LogP contribution in [0.5, 0.6) is 0 Å². The summed E-state index contributed by atoms with van der Waals surface area (Å²) >= 11 is 0. The Labute approximate surface area is 162 Å². The van der Waals surface area contributed by atoms with E-state index in [1.807, 2.05) is 18.2 Å². The molecule has 1 fully saturated rings. The molecule has 27 heavy (non-hydrogen) atoms. The number of anilines is 1. The number of carbonyl (C=O) groups is 1. The number of methoxy groups -OCH3 is 1. The number of rotatable bonds is 8. The Morgan fingerprint density at radius 1 is 1.33 bits per heavy atom. The number of hydrogen-bond donors (Lipinski definition) is 3. The van der Waals surface area contributed by atoms with Gasteiger partial charge in [0.15, 0.2) is 5.96 Å². The molecule has 1 unspecified atom stereocenters. The maximum atomic E-state index is 12.0. The van der Waals surface area contributed by atoms with Crippen LogP contribution in [0.15, 0.2) is 29.3 Å². The Morgan fingerprint density at radius 2 is 2.15 bits per heavy atom. The molecule has 1 heterocycles. The van der Waals surface area contributed by atoms with Gasteiger partial charge in [-0.2, -0.15) is 0 Å². The first-order chi connectivity index (χ1) is 13.2. The molecule has 6 nitrogen and oxygen atoms in total. The number of carbonyl (C=O) groups excluding carboxylic acids is 1. The highest BCUT2D eigenvalue weighted by molar-refractivity contribution is 5.94. The number of nitrogens with zero attached hydrogens (tertiary/aromatic N) is 1. The van der Waals surface area contributed by atoms with Crippen LogP contribution in [-0.4, -0.2) is 45.2 Å². The van der Waals surface area contributed by atoms with Gasteiger partial charge in [-0.3, -0.25) is 9.79 Å². The van der Waals surface area contributed by atoms with Gasteiger partial charge in [0.25, 0.3) is 0 Å². The highest BCUT2D eigenvalue weighted by Gasteiger charge is 2.36. The molecule has 0 spiro atoms. The van der Waals surface area contributed by atoms with E-state index >= 15 is 0 Å². The minimum atomic E-state index is 0.0791. The lowest BCUT2D eigenvalue weighted by atomic mass is 9.67. The molecule has 0 aromatic heterocycles. The molecule has 2 aliphatic rings. The van der Waals surface area contributed by atoms with Crippen molar-refractivity contribution in [1.29, 1.82) is 0 Å². The van der Waals surface area contributed by atoms with Gasteiger partial charge in [-0.1, -0.05) is 24.6 Å². The molecule has 0 bridgehead atoms. The van der Waals surface area contributed by atoms with Gasteiger partial charge >= 0.3 is 0 Å². The van der Waals surface area contributed by atoms with Crippen molar-refractivity contribution in [3.05, 3.63) is 29.8 Å². The van der Waals surface area contributed by atoms with Crippen LogP contribution in [0.25, 0.3) is 0 Å². The molecule has 1 amide bonds. The highest BCUT2D eigenvalue weighted by Crippen LogP contribution is 2.44. The lowest BCUT2D eigenvalue weighted by Gasteiger charge is -2.40. The van der Waals surface area contributed by atoms with Crippen molar-refractivity contribution in [2.75, 3.05) is 38.7 Å². The van der Waals surface area contributed by atoms with E-state index in [1.165, 1.54) is 24.8 Å². The maximum absolute atomic E-state index is 12.0. The molecular weight excluding hydrogens is 340 g/mol. The van der Waals surface area contributed by atoms with Gasteiger partial charge in [0.1, 0.15) is 0 Å². The minimum absolute atomic E-state index is 0.0791. The number of fused-ring (bicyclic) bond motifs is 1. The van der Waals surface area contributed by atoms with Crippen LogP contribution in [0.4, 0.5) is 5.69 Å². The third-order valence-electron chi connectivity index (χ3n) is 5.79. The SMILES string of the molecule is CCNC(=NCC1(CCOC)CCC1)NCC1CC(=O)Nc2ccccc21. The Kier molecular flexibility index (Phi) is 6.72. The first-order valence-corrected chi connectivity index (χ1v) is 10.1. The predicted octanol–water partition coefficient (Wildman–Crippen LogP) is 2.87. The molecule has 1 atom stereocenters. The molecule has 3 N–H and O–H groups in total. The van der Waals surface area contributed by atoms with Crippen molar-refractivity contribution in [3.8, 4) is 0 Å². The first kappa shape index (κ1) is 19.7. The van der Waals surface area contributed by atoms with Gasteiger partial charge in [-0.15, -0.1) is 0 Å². The summed E-state index contributed by atoms with van der Waals surface area (Å²) in [4.78, 5) is 16.9. The van der Waals surface area contributed by atoms with E-state index in [9.17, 15) is 4.79 Å². The summed E-state index contributed by atoms with van der Waals surface area (Å²) in [5.74, 6) is 1.07. The second-order valence-electron chi connectivity index (χ2n) is 7.71. The number of aliphatic imine (C=N–C) groups is 1. The lowest BCUT2D eigenvalue weighted by Crippen LogP contribution is -2.42. The largest absolute Gasteiger partial charge is 0.385 e. The molecule has 1 aliphatic carbocycles. The zero-order valence-electron chi connectivity index (χ0n) is 16.5. The zero-order valence-corrected chi connectivity index (χ0v) is 16.5. The van der Waals surface area contributed by atoms with E-state index in [1.54, 1.807) is 7.11 Å². The van der Waals surface area contributed by atoms with E-state index in [2.05, 4.69) is 28.9 Å². The number of ether oxygens (including phenoxy) is 1. The van der Waals surface area contributed by atoms with Crippen molar-refractivity contribution in [2.24, 2.45) is 10.4 Å². The molecule has 148 valence electrons. The van der Waals surface area contributed by atoms with Crippen LogP contribution in [-0.2, 0) is 9.53 Å². The third kappa shape index (κ3) is 5.01. The predicted molar refractivity (Wildman–Crippen MR) is 109 cm³/mol. The topological polar surface area (TPSA) is 74.8 Å². The van der Waals surface area contributed by atoms with E-state index in [0.29, 0.717) is 18.4 Å². The van der Waals surface area contributed by atoms with Crippen molar-refractivity contribution >= 4 is 17.6 Å². The molecule has 1 aliphatic heterocycles. The van der Waals surface area contributed by atoms with E-state index in [-0.39, 0.29) is 11.8 Å². The summed E-state index contributed by atoms with van der Waals surface area (Å²) in [6.45, 7) is 5.21. The van der Waals surface area contributed by atoms with Gasteiger partial charge < -0.3 is 20.7 Å². The molecule has 1 saturated carbocycles. The van der Waals surface area contributed by atoms with Gasteiger partial charge in [-0.25, -0.2) is 0 Å². The standard InChI is InChI=1S/C21H32N4O2/c1-3-22-20(24-15-21(9-6-10-21)11-12-27-2)23-14-16-13-19(26)25-18-8-5-4-7-17(16)18/h4-5,7-8,16H,3,6,9-15H2,1-2H3,(H,25,26)(H2,22,23,24). The van der Waals surface area contributed by atoms with Gasteiger partial charge in [0, 0.05) is 51.4 Å². The molecule has 3 rings (SSSR count). The van der Waals surface area contributed by atoms with Crippen LogP contribution < -0.4 is 16.0 Å².